The van der Waals surface area contributed by atoms with Gasteiger partial charge in [0.15, 0.2) is 11.5 Å². The van der Waals surface area contributed by atoms with Gasteiger partial charge in [-0.15, -0.1) is 0 Å². The molecule has 9 nitrogen and oxygen atoms in total. The fourth-order valence-corrected chi connectivity index (χ4v) is 4.93. The number of carbonyl (C=O) groups is 1. The van der Waals surface area contributed by atoms with Crippen molar-refractivity contribution < 1.29 is 28.5 Å². The number of methoxy groups -OCH3 is 3. The van der Waals surface area contributed by atoms with Crippen LogP contribution in [0.15, 0.2) is 40.5 Å². The van der Waals surface area contributed by atoms with Gasteiger partial charge in [-0.25, -0.2) is 4.79 Å². The van der Waals surface area contributed by atoms with E-state index in [0.29, 0.717) is 47.9 Å². The Kier molecular flexibility index (Phi) is 7.35. The normalized spacial score (nSPS) is 19.2. The number of esters is 1. The summed E-state index contributed by atoms with van der Waals surface area (Å²) in [6.07, 6.45) is 3.33. The lowest BCUT2D eigenvalue weighted by Gasteiger charge is -2.30. The quantitative estimate of drug-likeness (QED) is 0.570. The second-order valence-electron chi connectivity index (χ2n) is 8.60. The Hall–Kier alpha value is -3.46. The Morgan fingerprint density at radius 1 is 1.23 bits per heavy atom. The third-order valence-corrected chi connectivity index (χ3v) is 6.51. The van der Waals surface area contributed by atoms with Gasteiger partial charge in [0.05, 0.1) is 45.5 Å². The standard InChI is InChI=1S/C26H32N2O7/c1-5-8-15-13-19-21(25(29)28(15)14-16-9-7-12-34-16)20(22(24(27)35-19)26(30)33-4)17-10-6-11-18(31-2)23(17)32-3/h6,10-11,13,16,20H,5,7-9,12,14,27H2,1-4H3. The van der Waals surface area contributed by atoms with E-state index in [1.807, 2.05) is 6.07 Å². The lowest BCUT2D eigenvalue weighted by atomic mass is 9.82. The van der Waals surface area contributed by atoms with Crippen molar-refractivity contribution in [1.82, 2.24) is 4.57 Å². The van der Waals surface area contributed by atoms with Crippen molar-refractivity contribution in [2.45, 2.75) is 51.2 Å². The molecule has 2 unspecified atom stereocenters. The summed E-state index contributed by atoms with van der Waals surface area (Å²) in [5.41, 5.74) is 7.71. The minimum atomic E-state index is -0.879. The van der Waals surface area contributed by atoms with Crippen LogP contribution in [0.2, 0.25) is 0 Å². The molecule has 188 valence electrons. The number of pyridine rings is 1. The van der Waals surface area contributed by atoms with Crippen molar-refractivity contribution in [3.8, 4) is 17.2 Å². The lowest BCUT2D eigenvalue weighted by molar-refractivity contribution is -0.136. The Bertz CT molecular complexity index is 1190. The maximum atomic E-state index is 14.1. The molecule has 2 aliphatic rings. The number of ether oxygens (including phenoxy) is 5. The first-order valence-corrected chi connectivity index (χ1v) is 11.8. The molecule has 0 aliphatic carbocycles. The number of aryl methyl sites for hydroxylation is 1. The zero-order chi connectivity index (χ0) is 25.1. The van der Waals surface area contributed by atoms with Crippen LogP contribution in [-0.4, -0.2) is 44.6 Å². The summed E-state index contributed by atoms with van der Waals surface area (Å²) in [6.45, 7) is 3.16. The van der Waals surface area contributed by atoms with E-state index in [9.17, 15) is 9.59 Å². The average Bonchev–Trinajstić information content (AvgIpc) is 3.38. The van der Waals surface area contributed by atoms with Crippen LogP contribution in [0.25, 0.3) is 0 Å². The number of aromatic nitrogens is 1. The van der Waals surface area contributed by atoms with Crippen LogP contribution in [0.1, 0.15) is 48.9 Å². The highest BCUT2D eigenvalue weighted by Crippen LogP contribution is 2.46. The number of carbonyl (C=O) groups excluding carboxylic acids is 1. The van der Waals surface area contributed by atoms with Crippen molar-refractivity contribution in [3.05, 3.63) is 62.9 Å². The number of nitrogens with zero attached hydrogens (tertiary/aromatic N) is 1. The highest BCUT2D eigenvalue weighted by molar-refractivity contribution is 5.93. The summed E-state index contributed by atoms with van der Waals surface area (Å²) in [5.74, 6) is -0.506. The predicted molar refractivity (Wildman–Crippen MR) is 129 cm³/mol. The molecule has 0 amide bonds. The molecule has 3 heterocycles. The van der Waals surface area contributed by atoms with Gasteiger partial charge in [0.1, 0.15) is 11.3 Å². The van der Waals surface area contributed by atoms with Crippen LogP contribution in [-0.2, 0) is 27.2 Å². The van der Waals surface area contributed by atoms with Crippen molar-refractivity contribution in [2.24, 2.45) is 5.73 Å². The number of rotatable bonds is 8. The van der Waals surface area contributed by atoms with Crippen LogP contribution in [0.5, 0.6) is 17.2 Å². The van der Waals surface area contributed by atoms with E-state index >= 15 is 0 Å². The van der Waals surface area contributed by atoms with E-state index in [4.69, 9.17) is 29.4 Å². The molecule has 1 fully saturated rings. The van der Waals surface area contributed by atoms with Gasteiger partial charge < -0.3 is 34.0 Å². The van der Waals surface area contributed by atoms with Crippen LogP contribution < -0.4 is 25.5 Å². The van der Waals surface area contributed by atoms with Gasteiger partial charge in [-0.1, -0.05) is 25.5 Å². The third-order valence-electron chi connectivity index (χ3n) is 6.51. The van der Waals surface area contributed by atoms with Gasteiger partial charge in [0, 0.05) is 23.9 Å². The second-order valence-corrected chi connectivity index (χ2v) is 8.60. The summed E-state index contributed by atoms with van der Waals surface area (Å²) in [7, 11) is 4.29. The molecule has 0 radical (unpaired) electrons. The first-order chi connectivity index (χ1) is 16.9. The Morgan fingerprint density at radius 2 is 2.03 bits per heavy atom. The molecule has 0 bridgehead atoms. The van der Waals surface area contributed by atoms with Crippen LogP contribution >= 0.6 is 0 Å². The molecule has 4 rings (SSSR count). The van der Waals surface area contributed by atoms with Gasteiger partial charge in [-0.3, -0.25) is 4.79 Å². The largest absolute Gasteiger partial charge is 0.493 e. The van der Waals surface area contributed by atoms with Crippen molar-refractivity contribution in [2.75, 3.05) is 27.9 Å². The van der Waals surface area contributed by atoms with Gasteiger partial charge in [0.2, 0.25) is 5.88 Å². The molecule has 1 aromatic heterocycles. The number of benzene rings is 1. The van der Waals surface area contributed by atoms with Gasteiger partial charge in [-0.2, -0.15) is 0 Å². The summed E-state index contributed by atoms with van der Waals surface area (Å²) in [5, 5.41) is 0. The molecule has 35 heavy (non-hydrogen) atoms. The fraction of sp³-hybridized carbons (Fsp3) is 0.462. The Balaban J connectivity index is 2.00. The van der Waals surface area contributed by atoms with Crippen molar-refractivity contribution >= 4 is 5.97 Å². The second kappa shape index (κ2) is 10.4. The smallest absolute Gasteiger partial charge is 0.340 e. The van der Waals surface area contributed by atoms with Crippen LogP contribution in [0, 0.1) is 0 Å². The first kappa shape index (κ1) is 24.7. The van der Waals surface area contributed by atoms with Crippen molar-refractivity contribution in [1.29, 1.82) is 0 Å². The van der Waals surface area contributed by atoms with E-state index in [0.717, 1.165) is 25.0 Å². The summed E-state index contributed by atoms with van der Waals surface area (Å²) >= 11 is 0. The molecule has 0 saturated carbocycles. The molecular weight excluding hydrogens is 452 g/mol. The molecule has 2 aromatic rings. The summed E-state index contributed by atoms with van der Waals surface area (Å²) < 4.78 is 29.6. The Morgan fingerprint density at radius 3 is 2.66 bits per heavy atom. The number of hydrogen-bond donors (Lipinski definition) is 1. The number of para-hydroxylation sites is 1. The Labute approximate surface area is 204 Å². The predicted octanol–water partition coefficient (Wildman–Crippen LogP) is 2.86. The molecule has 2 aliphatic heterocycles. The van der Waals surface area contributed by atoms with Crippen LogP contribution in [0.4, 0.5) is 0 Å². The van der Waals surface area contributed by atoms with Crippen LogP contribution in [0.3, 0.4) is 0 Å². The maximum Gasteiger partial charge on any atom is 0.340 e. The monoisotopic (exact) mass is 484 g/mol. The number of nitrogens with two attached hydrogens (primary N) is 1. The molecule has 0 spiro atoms. The fourth-order valence-electron chi connectivity index (χ4n) is 4.93. The minimum Gasteiger partial charge on any atom is -0.493 e. The molecule has 2 atom stereocenters. The maximum absolute atomic E-state index is 14.1. The van der Waals surface area contributed by atoms with Gasteiger partial charge >= 0.3 is 5.97 Å². The minimum absolute atomic E-state index is 0.0376. The zero-order valence-electron chi connectivity index (χ0n) is 20.6. The van der Waals surface area contributed by atoms with E-state index in [-0.39, 0.29) is 23.1 Å². The van der Waals surface area contributed by atoms with Crippen molar-refractivity contribution in [3.63, 3.8) is 0 Å². The highest BCUT2D eigenvalue weighted by atomic mass is 16.5. The number of fused-ring (bicyclic) bond motifs is 1. The molecule has 2 N–H and O–H groups in total. The zero-order valence-corrected chi connectivity index (χ0v) is 20.6. The molecule has 9 heteroatoms. The topological polar surface area (TPSA) is 111 Å². The summed E-state index contributed by atoms with van der Waals surface area (Å²) in [6, 6.07) is 7.14. The molecule has 1 aromatic carbocycles. The molecular formula is C26H32N2O7. The average molecular weight is 485 g/mol. The SMILES string of the molecule is CCCc1cc2c(c(=O)n1CC1CCCO1)C(c1cccc(OC)c1OC)C(C(=O)OC)=C(N)O2. The lowest BCUT2D eigenvalue weighted by Crippen LogP contribution is -2.37. The third kappa shape index (κ3) is 4.48. The summed E-state index contributed by atoms with van der Waals surface area (Å²) in [4.78, 5) is 27.1. The van der Waals surface area contributed by atoms with E-state index < -0.39 is 11.9 Å². The highest BCUT2D eigenvalue weighted by Gasteiger charge is 2.40. The van der Waals surface area contributed by atoms with Gasteiger partial charge in [0.25, 0.3) is 5.56 Å². The van der Waals surface area contributed by atoms with Gasteiger partial charge in [-0.05, 0) is 25.3 Å². The molecule has 1 saturated heterocycles. The first-order valence-electron chi connectivity index (χ1n) is 11.8. The number of hydrogen-bond acceptors (Lipinski definition) is 8. The van der Waals surface area contributed by atoms with E-state index in [1.54, 1.807) is 22.8 Å². The van der Waals surface area contributed by atoms with E-state index in [1.165, 1.54) is 21.3 Å². The van der Waals surface area contributed by atoms with E-state index in [2.05, 4.69) is 6.92 Å².